The Morgan fingerprint density at radius 2 is 1.47 bits per heavy atom. The average molecular weight is 461 g/mol. The van der Waals surface area contributed by atoms with Crippen molar-refractivity contribution >= 4 is 5.97 Å². The molecule has 2 aliphatic carbocycles. The van der Waals surface area contributed by atoms with Gasteiger partial charge in [-0.25, -0.2) is 13.2 Å². The van der Waals surface area contributed by atoms with Crippen molar-refractivity contribution in [1.82, 2.24) is 10.6 Å². The topological polar surface area (TPSA) is 50.4 Å². The number of nitrogens with one attached hydrogen (secondary N) is 2. The summed E-state index contributed by atoms with van der Waals surface area (Å²) < 4.78 is 46.1. The SMILES string of the molecule is CCCCCCCCC1CNC(C2CCC(OC(=O)C3CC(F)C(F)C(F)C3)CC2)NC1. The molecular formula is C25H43F3N2O2. The number of ether oxygens (including phenoxy) is 1. The van der Waals surface area contributed by atoms with Crippen LogP contribution in [0.2, 0.25) is 0 Å². The number of unbranched alkanes of at least 4 members (excludes halogenated alkanes) is 5. The molecule has 2 unspecified atom stereocenters. The molecule has 4 nitrogen and oxygen atoms in total. The molecule has 1 saturated heterocycles. The van der Waals surface area contributed by atoms with Crippen molar-refractivity contribution in [2.75, 3.05) is 13.1 Å². The molecule has 32 heavy (non-hydrogen) atoms. The van der Waals surface area contributed by atoms with Crippen LogP contribution in [-0.4, -0.2) is 49.8 Å². The van der Waals surface area contributed by atoms with Crippen molar-refractivity contribution in [1.29, 1.82) is 0 Å². The predicted molar refractivity (Wildman–Crippen MR) is 121 cm³/mol. The molecule has 1 aliphatic heterocycles. The molecule has 0 bridgehead atoms. The van der Waals surface area contributed by atoms with E-state index in [0.717, 1.165) is 38.8 Å². The molecule has 0 aromatic rings. The lowest BCUT2D eigenvalue weighted by Crippen LogP contribution is -2.56. The minimum Gasteiger partial charge on any atom is -0.462 e. The number of carbonyl (C=O) groups excluding carboxylic acids is 1. The fourth-order valence-corrected chi connectivity index (χ4v) is 5.60. The third-order valence-electron chi connectivity index (χ3n) is 7.74. The van der Waals surface area contributed by atoms with Gasteiger partial charge in [0.1, 0.15) is 18.4 Å². The van der Waals surface area contributed by atoms with Crippen molar-refractivity contribution < 1.29 is 22.7 Å². The van der Waals surface area contributed by atoms with Gasteiger partial charge >= 0.3 is 5.97 Å². The van der Waals surface area contributed by atoms with Crippen LogP contribution in [0.3, 0.4) is 0 Å². The van der Waals surface area contributed by atoms with E-state index in [9.17, 15) is 18.0 Å². The van der Waals surface area contributed by atoms with Crippen molar-refractivity contribution in [3.8, 4) is 0 Å². The summed E-state index contributed by atoms with van der Waals surface area (Å²) in [5.41, 5.74) is 0. The van der Waals surface area contributed by atoms with Gasteiger partial charge in [-0.1, -0.05) is 45.4 Å². The molecular weight excluding hydrogens is 417 g/mol. The Morgan fingerprint density at radius 3 is 2.09 bits per heavy atom. The van der Waals surface area contributed by atoms with Gasteiger partial charge in [0, 0.05) is 13.1 Å². The molecule has 2 saturated carbocycles. The van der Waals surface area contributed by atoms with E-state index in [-0.39, 0.29) is 18.9 Å². The van der Waals surface area contributed by atoms with Gasteiger partial charge in [0.25, 0.3) is 0 Å². The van der Waals surface area contributed by atoms with E-state index in [1.165, 1.54) is 44.9 Å². The average Bonchev–Trinajstić information content (AvgIpc) is 2.80. The smallest absolute Gasteiger partial charge is 0.309 e. The molecule has 3 fully saturated rings. The lowest BCUT2D eigenvalue weighted by molar-refractivity contribution is -0.160. The highest BCUT2D eigenvalue weighted by atomic mass is 19.2. The molecule has 0 spiro atoms. The van der Waals surface area contributed by atoms with Crippen LogP contribution in [0.25, 0.3) is 0 Å². The number of hydrogen-bond acceptors (Lipinski definition) is 4. The van der Waals surface area contributed by atoms with Crippen molar-refractivity contribution in [2.45, 2.75) is 121 Å². The standard InChI is InChI=1S/C25H43F3N2O2/c1-2-3-4-5-6-7-8-17-15-29-24(30-16-17)18-9-11-20(12-10-18)32-25(31)19-13-21(26)23(28)22(27)14-19/h17-24,29-30H,2-16H2,1H3. The summed E-state index contributed by atoms with van der Waals surface area (Å²) in [6.45, 7) is 4.38. The Labute approximate surface area is 191 Å². The zero-order valence-electron chi connectivity index (χ0n) is 19.7. The second kappa shape index (κ2) is 13.2. The van der Waals surface area contributed by atoms with Crippen molar-refractivity contribution in [3.05, 3.63) is 0 Å². The van der Waals surface area contributed by atoms with Crippen molar-refractivity contribution in [2.24, 2.45) is 17.8 Å². The number of halogens is 3. The Kier molecular flexibility index (Phi) is 10.6. The summed E-state index contributed by atoms with van der Waals surface area (Å²) in [5.74, 6) is -0.216. The van der Waals surface area contributed by atoms with Crippen LogP contribution in [0.5, 0.6) is 0 Å². The number of esters is 1. The van der Waals surface area contributed by atoms with Gasteiger partial charge in [0.05, 0.1) is 12.1 Å². The van der Waals surface area contributed by atoms with Crippen LogP contribution in [0.4, 0.5) is 13.2 Å². The number of alkyl halides is 3. The highest BCUT2D eigenvalue weighted by molar-refractivity contribution is 5.73. The van der Waals surface area contributed by atoms with Crippen LogP contribution in [0.1, 0.15) is 90.4 Å². The quantitative estimate of drug-likeness (QED) is 0.339. The molecule has 7 heteroatoms. The molecule has 1 heterocycles. The van der Waals surface area contributed by atoms with E-state index in [2.05, 4.69) is 17.6 Å². The highest BCUT2D eigenvalue weighted by Gasteiger charge is 2.42. The van der Waals surface area contributed by atoms with Gasteiger partial charge < -0.3 is 15.4 Å². The van der Waals surface area contributed by atoms with Crippen LogP contribution < -0.4 is 10.6 Å². The minimum absolute atomic E-state index is 0.193. The molecule has 0 amide bonds. The molecule has 0 radical (unpaired) electrons. The molecule has 0 aromatic heterocycles. The van der Waals surface area contributed by atoms with E-state index < -0.39 is 30.4 Å². The summed E-state index contributed by atoms with van der Waals surface area (Å²) in [7, 11) is 0. The Morgan fingerprint density at radius 1 is 0.875 bits per heavy atom. The Balaban J connectivity index is 1.29. The third-order valence-corrected chi connectivity index (χ3v) is 7.74. The number of carbonyl (C=O) groups is 1. The first kappa shape index (κ1) is 25.8. The van der Waals surface area contributed by atoms with Crippen LogP contribution in [0.15, 0.2) is 0 Å². The normalized spacial score (nSPS) is 38.4. The number of hydrogen-bond donors (Lipinski definition) is 2. The van der Waals surface area contributed by atoms with Gasteiger partial charge in [-0.3, -0.25) is 4.79 Å². The first-order valence-electron chi connectivity index (χ1n) is 13.1. The zero-order chi connectivity index (χ0) is 22.9. The maximum Gasteiger partial charge on any atom is 0.309 e. The summed E-state index contributed by atoms with van der Waals surface area (Å²) >= 11 is 0. The maximum atomic E-state index is 13.6. The summed E-state index contributed by atoms with van der Waals surface area (Å²) in [6.07, 6.45) is 6.40. The fraction of sp³-hybridized carbons (Fsp3) is 0.960. The summed E-state index contributed by atoms with van der Waals surface area (Å²) in [4.78, 5) is 12.3. The lowest BCUT2D eigenvalue weighted by Gasteiger charge is -2.39. The largest absolute Gasteiger partial charge is 0.462 e. The second-order valence-corrected chi connectivity index (χ2v) is 10.3. The first-order chi connectivity index (χ1) is 15.5. The molecule has 3 aliphatic rings. The predicted octanol–water partition coefficient (Wildman–Crippen LogP) is 5.40. The molecule has 186 valence electrons. The minimum atomic E-state index is -2.12. The second-order valence-electron chi connectivity index (χ2n) is 10.3. The van der Waals surface area contributed by atoms with Gasteiger partial charge in [0.15, 0.2) is 6.17 Å². The fourth-order valence-electron chi connectivity index (χ4n) is 5.60. The van der Waals surface area contributed by atoms with Crippen molar-refractivity contribution in [3.63, 3.8) is 0 Å². The highest BCUT2D eigenvalue weighted by Crippen LogP contribution is 2.34. The zero-order valence-corrected chi connectivity index (χ0v) is 19.7. The molecule has 2 atom stereocenters. The lowest BCUT2D eigenvalue weighted by atomic mass is 9.83. The van der Waals surface area contributed by atoms with Gasteiger partial charge in [-0.05, 0) is 56.8 Å². The molecule has 2 N–H and O–H groups in total. The monoisotopic (exact) mass is 460 g/mol. The summed E-state index contributed by atoms with van der Waals surface area (Å²) in [6, 6.07) is 0. The summed E-state index contributed by atoms with van der Waals surface area (Å²) in [5, 5.41) is 7.37. The van der Waals surface area contributed by atoms with Crippen LogP contribution in [-0.2, 0) is 9.53 Å². The van der Waals surface area contributed by atoms with Gasteiger partial charge in [-0.15, -0.1) is 0 Å². The van der Waals surface area contributed by atoms with E-state index >= 15 is 0 Å². The number of rotatable bonds is 10. The maximum absolute atomic E-state index is 13.6. The molecule has 0 aromatic carbocycles. The Bertz CT molecular complexity index is 539. The van der Waals surface area contributed by atoms with E-state index in [4.69, 9.17) is 4.74 Å². The van der Waals surface area contributed by atoms with Crippen LogP contribution in [0, 0.1) is 17.8 Å². The van der Waals surface area contributed by atoms with Crippen LogP contribution >= 0.6 is 0 Å². The Hall–Kier alpha value is -0.820. The third kappa shape index (κ3) is 7.61. The van der Waals surface area contributed by atoms with Gasteiger partial charge in [0.2, 0.25) is 0 Å². The molecule has 3 rings (SSSR count). The first-order valence-corrected chi connectivity index (χ1v) is 13.1. The van der Waals surface area contributed by atoms with E-state index in [1.54, 1.807) is 0 Å². The van der Waals surface area contributed by atoms with E-state index in [1.807, 2.05) is 0 Å². The van der Waals surface area contributed by atoms with Gasteiger partial charge in [-0.2, -0.15) is 0 Å². The van der Waals surface area contributed by atoms with E-state index in [0.29, 0.717) is 18.0 Å².